The highest BCUT2D eigenvalue weighted by atomic mass is 35.5. The summed E-state index contributed by atoms with van der Waals surface area (Å²) in [6, 6.07) is 6.81. The topological polar surface area (TPSA) is 49.6 Å². The fourth-order valence-electron chi connectivity index (χ4n) is 2.56. The van der Waals surface area contributed by atoms with Crippen molar-refractivity contribution >= 4 is 23.8 Å². The number of rotatable bonds is 2. The lowest BCUT2D eigenvalue weighted by Gasteiger charge is -2.30. The van der Waals surface area contributed by atoms with Crippen molar-refractivity contribution in [2.45, 2.75) is 6.42 Å². The summed E-state index contributed by atoms with van der Waals surface area (Å²) in [7, 11) is 0. The first-order valence-corrected chi connectivity index (χ1v) is 5.51. The van der Waals surface area contributed by atoms with Gasteiger partial charge in [-0.15, -0.1) is 12.4 Å². The molecule has 0 spiro atoms. The van der Waals surface area contributed by atoms with Crippen LogP contribution in [-0.2, 0) is 0 Å². The molecule has 1 aromatic rings. The van der Waals surface area contributed by atoms with Gasteiger partial charge in [-0.3, -0.25) is 10.1 Å². The van der Waals surface area contributed by atoms with Gasteiger partial charge in [0.2, 0.25) is 0 Å². The van der Waals surface area contributed by atoms with Crippen molar-refractivity contribution in [3.05, 3.63) is 34.4 Å². The fourth-order valence-corrected chi connectivity index (χ4v) is 2.56. The molecule has 17 heavy (non-hydrogen) atoms. The number of benzene rings is 1. The highest BCUT2D eigenvalue weighted by Crippen LogP contribution is 2.32. The summed E-state index contributed by atoms with van der Waals surface area (Å²) in [6.07, 6.45) is 1.28. The smallest absolute Gasteiger partial charge is 0.269 e. The standard InChI is InChI=1S/C11H13N3O2.ClH/c15-14(16)11-3-1-10(2-4-11)13-8-9-5-6-12(13)7-9;/h1-4,9H,5-8H2;1H. The van der Waals surface area contributed by atoms with Gasteiger partial charge in [0.1, 0.15) is 0 Å². The molecule has 0 radical (unpaired) electrons. The number of hydrogen-bond acceptors (Lipinski definition) is 4. The van der Waals surface area contributed by atoms with Crippen LogP contribution in [0.3, 0.4) is 0 Å². The number of fused-ring (bicyclic) bond motifs is 2. The van der Waals surface area contributed by atoms with Crippen LogP contribution in [0.2, 0.25) is 0 Å². The van der Waals surface area contributed by atoms with E-state index in [-0.39, 0.29) is 23.0 Å². The second kappa shape index (κ2) is 4.50. The van der Waals surface area contributed by atoms with E-state index in [4.69, 9.17) is 0 Å². The average Bonchev–Trinajstić information content (AvgIpc) is 2.91. The summed E-state index contributed by atoms with van der Waals surface area (Å²) in [4.78, 5) is 10.2. The Balaban J connectivity index is 0.00000108. The van der Waals surface area contributed by atoms with Gasteiger partial charge in [0, 0.05) is 31.8 Å². The Hall–Kier alpha value is -1.33. The number of anilines is 1. The van der Waals surface area contributed by atoms with Gasteiger partial charge in [0.15, 0.2) is 0 Å². The molecule has 0 amide bonds. The molecule has 92 valence electrons. The third kappa shape index (κ3) is 2.08. The lowest BCUT2D eigenvalue weighted by Crippen LogP contribution is -2.38. The lowest BCUT2D eigenvalue weighted by molar-refractivity contribution is -0.384. The van der Waals surface area contributed by atoms with Gasteiger partial charge >= 0.3 is 0 Å². The first kappa shape index (κ1) is 12.1. The Morgan fingerprint density at radius 3 is 2.41 bits per heavy atom. The Kier molecular flexibility index (Phi) is 3.22. The monoisotopic (exact) mass is 255 g/mol. The van der Waals surface area contributed by atoms with Crippen molar-refractivity contribution in [1.82, 2.24) is 5.01 Å². The number of halogens is 1. The maximum Gasteiger partial charge on any atom is 0.269 e. The molecule has 5 nitrogen and oxygen atoms in total. The normalized spacial score (nSPS) is 25.8. The van der Waals surface area contributed by atoms with Crippen molar-refractivity contribution in [3.63, 3.8) is 0 Å². The van der Waals surface area contributed by atoms with E-state index in [2.05, 4.69) is 10.0 Å². The quantitative estimate of drug-likeness (QED) is 0.600. The Bertz CT molecular complexity index is 423. The van der Waals surface area contributed by atoms with Gasteiger partial charge in [-0.25, -0.2) is 5.01 Å². The zero-order valence-corrected chi connectivity index (χ0v) is 10.1. The maximum atomic E-state index is 10.5. The molecule has 2 unspecified atom stereocenters. The molecule has 2 heterocycles. The molecule has 2 saturated heterocycles. The highest BCUT2D eigenvalue weighted by Gasteiger charge is 2.35. The molecule has 0 N–H and O–H groups in total. The van der Waals surface area contributed by atoms with Crippen LogP contribution in [0, 0.1) is 16.0 Å². The van der Waals surface area contributed by atoms with Gasteiger partial charge < -0.3 is 5.01 Å². The second-order valence-electron chi connectivity index (χ2n) is 4.42. The summed E-state index contributed by atoms with van der Waals surface area (Å²) in [5.41, 5.74) is 1.22. The van der Waals surface area contributed by atoms with Crippen molar-refractivity contribution in [2.75, 3.05) is 24.6 Å². The van der Waals surface area contributed by atoms with Crippen LogP contribution in [0.4, 0.5) is 11.4 Å². The van der Waals surface area contributed by atoms with E-state index in [9.17, 15) is 10.1 Å². The Morgan fingerprint density at radius 2 is 1.94 bits per heavy atom. The molecule has 2 aliphatic rings. The summed E-state index contributed by atoms with van der Waals surface area (Å²) < 4.78 is 0. The molecule has 2 aliphatic heterocycles. The molecule has 0 saturated carbocycles. The number of hydrogen-bond donors (Lipinski definition) is 0. The molecule has 2 fully saturated rings. The summed E-state index contributed by atoms with van der Waals surface area (Å²) in [5.74, 6) is 0.773. The van der Waals surface area contributed by atoms with E-state index in [0.717, 1.165) is 31.2 Å². The maximum absolute atomic E-state index is 10.5. The average molecular weight is 256 g/mol. The van der Waals surface area contributed by atoms with Crippen molar-refractivity contribution in [2.24, 2.45) is 5.92 Å². The number of nitro benzene ring substituents is 1. The van der Waals surface area contributed by atoms with Crippen molar-refractivity contribution in [1.29, 1.82) is 0 Å². The zero-order chi connectivity index (χ0) is 11.1. The minimum absolute atomic E-state index is 0. The van der Waals surface area contributed by atoms with Crippen LogP contribution < -0.4 is 5.01 Å². The van der Waals surface area contributed by atoms with E-state index in [0.29, 0.717) is 0 Å². The molecule has 0 aliphatic carbocycles. The van der Waals surface area contributed by atoms with Gasteiger partial charge in [-0.05, 0) is 24.5 Å². The van der Waals surface area contributed by atoms with E-state index < -0.39 is 0 Å². The summed E-state index contributed by atoms with van der Waals surface area (Å²) in [6.45, 7) is 3.30. The number of non-ortho nitro benzene ring substituents is 1. The van der Waals surface area contributed by atoms with Crippen LogP contribution in [0.1, 0.15) is 6.42 Å². The third-order valence-electron chi connectivity index (χ3n) is 3.40. The van der Waals surface area contributed by atoms with Gasteiger partial charge in [-0.2, -0.15) is 0 Å². The van der Waals surface area contributed by atoms with Crippen LogP contribution in [0.15, 0.2) is 24.3 Å². The molecular formula is C11H14ClN3O2. The Morgan fingerprint density at radius 1 is 1.24 bits per heavy atom. The van der Waals surface area contributed by atoms with Crippen molar-refractivity contribution < 1.29 is 4.92 Å². The predicted octanol–water partition coefficient (Wildman–Crippen LogP) is 2.07. The highest BCUT2D eigenvalue weighted by molar-refractivity contribution is 5.85. The van der Waals surface area contributed by atoms with Crippen LogP contribution in [0.25, 0.3) is 0 Å². The first-order chi connectivity index (χ1) is 7.74. The van der Waals surface area contributed by atoms with E-state index >= 15 is 0 Å². The second-order valence-corrected chi connectivity index (χ2v) is 4.42. The van der Waals surface area contributed by atoms with Crippen LogP contribution in [0.5, 0.6) is 0 Å². The number of nitrogens with zero attached hydrogens (tertiary/aromatic N) is 3. The number of nitro groups is 1. The van der Waals surface area contributed by atoms with E-state index in [1.54, 1.807) is 12.1 Å². The van der Waals surface area contributed by atoms with Gasteiger partial charge in [0.05, 0.1) is 10.6 Å². The van der Waals surface area contributed by atoms with Gasteiger partial charge in [0.25, 0.3) is 5.69 Å². The zero-order valence-electron chi connectivity index (χ0n) is 9.28. The van der Waals surface area contributed by atoms with E-state index in [1.807, 2.05) is 12.1 Å². The Labute approximate surface area is 106 Å². The molecule has 3 rings (SSSR count). The summed E-state index contributed by atoms with van der Waals surface area (Å²) in [5, 5.41) is 15.1. The molecule has 2 atom stereocenters. The number of hydrazine groups is 1. The van der Waals surface area contributed by atoms with Crippen LogP contribution >= 0.6 is 12.4 Å². The SMILES string of the molecule is Cl.O=[N+]([O-])c1ccc(N2CC3CCN2C3)cc1. The molecule has 0 aromatic heterocycles. The minimum atomic E-state index is -0.361. The largest absolute Gasteiger partial charge is 0.305 e. The first-order valence-electron chi connectivity index (χ1n) is 5.51. The predicted molar refractivity (Wildman–Crippen MR) is 67.4 cm³/mol. The third-order valence-corrected chi connectivity index (χ3v) is 3.40. The van der Waals surface area contributed by atoms with Crippen LogP contribution in [-0.4, -0.2) is 29.6 Å². The summed E-state index contributed by atoms with van der Waals surface area (Å²) >= 11 is 0. The molecule has 2 bridgehead atoms. The molecular weight excluding hydrogens is 242 g/mol. The minimum Gasteiger partial charge on any atom is -0.305 e. The van der Waals surface area contributed by atoms with Gasteiger partial charge in [-0.1, -0.05) is 0 Å². The van der Waals surface area contributed by atoms with E-state index in [1.165, 1.54) is 6.42 Å². The fraction of sp³-hybridized carbons (Fsp3) is 0.455. The van der Waals surface area contributed by atoms with Crippen molar-refractivity contribution in [3.8, 4) is 0 Å². The molecule has 1 aromatic carbocycles. The molecule has 6 heteroatoms. The lowest BCUT2D eigenvalue weighted by atomic mass is 10.1.